The van der Waals surface area contributed by atoms with Crippen molar-refractivity contribution in [2.45, 2.75) is 32.3 Å². The Morgan fingerprint density at radius 3 is 2.75 bits per heavy atom. The second kappa shape index (κ2) is 6.00. The average Bonchev–Trinajstić information content (AvgIpc) is 3.24. The molecule has 1 amide bonds. The molecule has 20 heavy (non-hydrogen) atoms. The van der Waals surface area contributed by atoms with Crippen LogP contribution < -0.4 is 0 Å². The topological polar surface area (TPSA) is 42.0 Å². The van der Waals surface area contributed by atoms with E-state index >= 15 is 0 Å². The molecule has 1 aliphatic carbocycles. The molecular formula is C15H26N2O3. The average molecular weight is 282 g/mol. The van der Waals surface area contributed by atoms with Crippen LogP contribution in [-0.4, -0.2) is 74.4 Å². The molecule has 3 rings (SSSR count). The van der Waals surface area contributed by atoms with E-state index < -0.39 is 0 Å². The van der Waals surface area contributed by atoms with Gasteiger partial charge in [0.1, 0.15) is 0 Å². The van der Waals surface area contributed by atoms with E-state index in [0.29, 0.717) is 19.1 Å². The minimum Gasteiger partial charge on any atom is -0.376 e. The lowest BCUT2D eigenvalue weighted by Gasteiger charge is -2.29. The second-order valence-corrected chi connectivity index (χ2v) is 6.57. The van der Waals surface area contributed by atoms with E-state index in [4.69, 9.17) is 9.47 Å². The van der Waals surface area contributed by atoms with Gasteiger partial charge in [-0.3, -0.25) is 9.69 Å². The Bertz CT molecular complexity index is 351. The van der Waals surface area contributed by atoms with Gasteiger partial charge in [0.05, 0.1) is 25.9 Å². The van der Waals surface area contributed by atoms with Gasteiger partial charge in [-0.05, 0) is 25.8 Å². The van der Waals surface area contributed by atoms with Crippen LogP contribution in [0.4, 0.5) is 0 Å². The van der Waals surface area contributed by atoms with Crippen LogP contribution >= 0.6 is 0 Å². The van der Waals surface area contributed by atoms with Crippen molar-refractivity contribution in [3.8, 4) is 0 Å². The molecule has 1 unspecified atom stereocenters. The summed E-state index contributed by atoms with van der Waals surface area (Å²) in [5.74, 6) is 0.372. The van der Waals surface area contributed by atoms with Crippen molar-refractivity contribution in [2.75, 3.05) is 52.5 Å². The van der Waals surface area contributed by atoms with Crippen LogP contribution in [0.2, 0.25) is 0 Å². The molecule has 2 aliphatic heterocycles. The molecule has 0 N–H and O–H groups in total. The first kappa shape index (κ1) is 14.3. The molecule has 3 aliphatic rings. The highest BCUT2D eigenvalue weighted by molar-refractivity contribution is 5.84. The highest BCUT2D eigenvalue weighted by Crippen LogP contribution is 2.46. The van der Waals surface area contributed by atoms with E-state index in [1.54, 1.807) is 0 Å². The lowest BCUT2D eigenvalue weighted by atomic mass is 10.1. The Balaban J connectivity index is 1.47. The summed E-state index contributed by atoms with van der Waals surface area (Å²) in [5.41, 5.74) is -0.0323. The van der Waals surface area contributed by atoms with E-state index in [2.05, 4.69) is 16.7 Å². The van der Waals surface area contributed by atoms with E-state index in [1.165, 1.54) is 0 Å². The normalized spacial score (nSPS) is 30.9. The molecule has 114 valence electrons. The van der Waals surface area contributed by atoms with Gasteiger partial charge in [-0.15, -0.1) is 0 Å². The smallest absolute Gasteiger partial charge is 0.228 e. The van der Waals surface area contributed by atoms with Crippen LogP contribution in [0.5, 0.6) is 0 Å². The zero-order chi connectivity index (χ0) is 14.0. The summed E-state index contributed by atoms with van der Waals surface area (Å²) in [6.07, 6.45) is 3.40. The Labute approximate surface area is 121 Å². The number of rotatable bonds is 3. The minimum atomic E-state index is -0.0323. The Kier molecular flexibility index (Phi) is 4.29. The predicted octanol–water partition coefficient (Wildman–Crippen LogP) is 0.736. The third kappa shape index (κ3) is 3.32. The molecule has 1 saturated carbocycles. The fourth-order valence-electron chi connectivity index (χ4n) is 3.07. The standard InChI is InChI=1S/C15H26N2O3/c1-15(3-4-15)14(18)17-6-2-5-16(7-8-17)11-13-12-19-9-10-20-13/h13H,2-12H2,1H3. The van der Waals surface area contributed by atoms with Crippen molar-refractivity contribution >= 4 is 5.91 Å². The Hall–Kier alpha value is -0.650. The van der Waals surface area contributed by atoms with Crippen LogP contribution in [0, 0.1) is 5.41 Å². The number of carbonyl (C=O) groups is 1. The molecule has 0 spiro atoms. The maximum absolute atomic E-state index is 12.4. The first-order valence-corrected chi connectivity index (χ1v) is 7.88. The number of carbonyl (C=O) groups excluding carboxylic acids is 1. The highest BCUT2D eigenvalue weighted by atomic mass is 16.6. The predicted molar refractivity (Wildman–Crippen MR) is 75.5 cm³/mol. The van der Waals surface area contributed by atoms with Gasteiger partial charge in [0.2, 0.25) is 5.91 Å². The SMILES string of the molecule is CC1(C(=O)N2CCCN(CC3COCCO3)CC2)CC1. The van der Waals surface area contributed by atoms with Crippen molar-refractivity contribution in [3.05, 3.63) is 0 Å². The molecule has 0 aromatic heterocycles. The third-order valence-corrected chi connectivity index (χ3v) is 4.74. The lowest BCUT2D eigenvalue weighted by molar-refractivity contribution is -0.136. The third-order valence-electron chi connectivity index (χ3n) is 4.74. The van der Waals surface area contributed by atoms with Gasteiger partial charge in [0.15, 0.2) is 0 Å². The van der Waals surface area contributed by atoms with Gasteiger partial charge in [-0.1, -0.05) is 6.92 Å². The first-order chi connectivity index (χ1) is 9.67. The summed E-state index contributed by atoms with van der Waals surface area (Å²) in [4.78, 5) is 16.9. The van der Waals surface area contributed by atoms with Gasteiger partial charge in [0, 0.05) is 31.6 Å². The summed E-state index contributed by atoms with van der Waals surface area (Å²) in [7, 11) is 0. The largest absolute Gasteiger partial charge is 0.376 e. The molecule has 0 aromatic rings. The molecular weight excluding hydrogens is 256 g/mol. The second-order valence-electron chi connectivity index (χ2n) is 6.57. The maximum Gasteiger partial charge on any atom is 0.228 e. The molecule has 2 saturated heterocycles. The van der Waals surface area contributed by atoms with Crippen molar-refractivity contribution in [1.82, 2.24) is 9.80 Å². The lowest BCUT2D eigenvalue weighted by Crippen LogP contribution is -2.42. The zero-order valence-electron chi connectivity index (χ0n) is 12.5. The van der Waals surface area contributed by atoms with Gasteiger partial charge < -0.3 is 14.4 Å². The van der Waals surface area contributed by atoms with Gasteiger partial charge in [-0.25, -0.2) is 0 Å². The number of amides is 1. The fourth-order valence-corrected chi connectivity index (χ4v) is 3.07. The summed E-state index contributed by atoms with van der Waals surface area (Å²) in [6.45, 7) is 8.96. The van der Waals surface area contributed by atoms with E-state index in [0.717, 1.165) is 58.6 Å². The van der Waals surface area contributed by atoms with Crippen LogP contribution in [0.15, 0.2) is 0 Å². The summed E-state index contributed by atoms with van der Waals surface area (Å²) in [6, 6.07) is 0. The van der Waals surface area contributed by atoms with E-state index in [-0.39, 0.29) is 11.5 Å². The van der Waals surface area contributed by atoms with Crippen molar-refractivity contribution in [1.29, 1.82) is 0 Å². The van der Waals surface area contributed by atoms with Gasteiger partial charge in [0.25, 0.3) is 0 Å². The van der Waals surface area contributed by atoms with Crippen molar-refractivity contribution in [3.63, 3.8) is 0 Å². The molecule has 3 fully saturated rings. The zero-order valence-corrected chi connectivity index (χ0v) is 12.5. The fraction of sp³-hybridized carbons (Fsp3) is 0.933. The van der Waals surface area contributed by atoms with Gasteiger partial charge in [-0.2, -0.15) is 0 Å². The molecule has 1 atom stereocenters. The highest BCUT2D eigenvalue weighted by Gasteiger charge is 2.47. The van der Waals surface area contributed by atoms with Crippen molar-refractivity contribution < 1.29 is 14.3 Å². The van der Waals surface area contributed by atoms with Crippen molar-refractivity contribution in [2.24, 2.45) is 5.41 Å². The van der Waals surface area contributed by atoms with Crippen LogP contribution in [0.1, 0.15) is 26.2 Å². The molecule has 0 bridgehead atoms. The molecule has 2 heterocycles. The number of hydrogen-bond donors (Lipinski definition) is 0. The Morgan fingerprint density at radius 1 is 1.20 bits per heavy atom. The summed E-state index contributed by atoms with van der Waals surface area (Å²) in [5, 5.41) is 0. The van der Waals surface area contributed by atoms with Crippen LogP contribution in [-0.2, 0) is 14.3 Å². The van der Waals surface area contributed by atoms with Crippen LogP contribution in [0.3, 0.4) is 0 Å². The summed E-state index contributed by atoms with van der Waals surface area (Å²) < 4.78 is 11.2. The minimum absolute atomic E-state index is 0.0323. The molecule has 5 heteroatoms. The van der Waals surface area contributed by atoms with Crippen LogP contribution in [0.25, 0.3) is 0 Å². The molecule has 0 aromatic carbocycles. The van der Waals surface area contributed by atoms with E-state index in [9.17, 15) is 4.79 Å². The summed E-state index contributed by atoms with van der Waals surface area (Å²) >= 11 is 0. The maximum atomic E-state index is 12.4. The molecule has 0 radical (unpaired) electrons. The first-order valence-electron chi connectivity index (χ1n) is 7.88. The molecule has 5 nitrogen and oxygen atoms in total. The number of hydrogen-bond acceptors (Lipinski definition) is 4. The number of ether oxygens (including phenoxy) is 2. The Morgan fingerprint density at radius 2 is 2.05 bits per heavy atom. The number of nitrogens with zero attached hydrogens (tertiary/aromatic N) is 2. The quantitative estimate of drug-likeness (QED) is 0.765. The monoisotopic (exact) mass is 282 g/mol. The van der Waals surface area contributed by atoms with E-state index in [1.807, 2.05) is 0 Å². The van der Waals surface area contributed by atoms with Gasteiger partial charge >= 0.3 is 0 Å².